The van der Waals surface area contributed by atoms with Gasteiger partial charge >= 0.3 is 0 Å². The quantitative estimate of drug-likeness (QED) is 0.676. The van der Waals surface area contributed by atoms with Crippen LogP contribution in [0.25, 0.3) is 0 Å². The summed E-state index contributed by atoms with van der Waals surface area (Å²) >= 11 is 5.66. The second kappa shape index (κ2) is 7.98. The summed E-state index contributed by atoms with van der Waals surface area (Å²) in [5.41, 5.74) is -1.18. The number of piperidine rings is 1. The molecule has 7 nitrogen and oxygen atoms in total. The maximum Gasteiger partial charge on any atom is 0.225 e. The lowest BCUT2D eigenvalue weighted by Crippen LogP contribution is -2.58. The number of hydrogen-bond donors (Lipinski definition) is 3. The molecule has 0 spiro atoms. The van der Waals surface area contributed by atoms with Gasteiger partial charge < -0.3 is 25.2 Å². The van der Waals surface area contributed by atoms with Crippen molar-refractivity contribution in [3.8, 4) is 5.75 Å². The van der Waals surface area contributed by atoms with Crippen LogP contribution < -0.4 is 15.0 Å². The molecule has 10 heteroatoms. The first-order valence-electron chi connectivity index (χ1n) is 9.47. The molecule has 1 fully saturated rings. The summed E-state index contributed by atoms with van der Waals surface area (Å²) in [7, 11) is 0. The number of aliphatic hydroxyl groups excluding tert-OH is 1. The molecule has 1 saturated heterocycles. The molecular formula is C20H20ClF2N3O4. The molecule has 0 radical (unpaired) electrons. The van der Waals surface area contributed by atoms with E-state index in [4.69, 9.17) is 16.3 Å². The summed E-state index contributed by atoms with van der Waals surface area (Å²) in [6, 6.07) is 3.63. The molecule has 3 heterocycles. The summed E-state index contributed by atoms with van der Waals surface area (Å²) in [6.45, 7) is -0.297. The molecule has 2 aliphatic rings. The molecule has 2 aromatic rings. The van der Waals surface area contributed by atoms with Gasteiger partial charge in [0.2, 0.25) is 5.91 Å². The van der Waals surface area contributed by atoms with Gasteiger partial charge in [-0.2, -0.15) is 0 Å². The Morgan fingerprint density at radius 3 is 2.77 bits per heavy atom. The highest BCUT2D eigenvalue weighted by atomic mass is 35.5. The molecule has 30 heavy (non-hydrogen) atoms. The molecule has 1 amide bonds. The van der Waals surface area contributed by atoms with E-state index in [1.165, 1.54) is 11.1 Å². The van der Waals surface area contributed by atoms with Crippen molar-refractivity contribution in [2.45, 2.75) is 31.0 Å². The molecular weight excluding hydrogens is 420 g/mol. The minimum Gasteiger partial charge on any atom is -0.490 e. The van der Waals surface area contributed by atoms with Gasteiger partial charge in [-0.25, -0.2) is 13.8 Å². The van der Waals surface area contributed by atoms with Crippen LogP contribution in [0.4, 0.5) is 20.3 Å². The average molecular weight is 440 g/mol. The third-order valence-corrected chi connectivity index (χ3v) is 5.69. The van der Waals surface area contributed by atoms with Crippen LogP contribution in [0.2, 0.25) is 5.02 Å². The largest absolute Gasteiger partial charge is 0.490 e. The Bertz CT molecular complexity index is 970. The number of amides is 1. The summed E-state index contributed by atoms with van der Waals surface area (Å²) in [4.78, 5) is 17.0. The number of carbonyl (C=O) groups is 1. The first-order chi connectivity index (χ1) is 14.3. The lowest BCUT2D eigenvalue weighted by Gasteiger charge is -2.42. The van der Waals surface area contributed by atoms with Crippen molar-refractivity contribution >= 4 is 29.0 Å². The fraction of sp³-hybridized carbons (Fsp3) is 0.400. The van der Waals surface area contributed by atoms with Gasteiger partial charge in [0.15, 0.2) is 11.6 Å². The molecule has 2 atom stereocenters. The second-order valence-corrected chi connectivity index (χ2v) is 7.94. The van der Waals surface area contributed by atoms with Gasteiger partial charge in [-0.1, -0.05) is 11.6 Å². The molecule has 0 bridgehead atoms. The highest BCUT2D eigenvalue weighted by Gasteiger charge is 2.42. The van der Waals surface area contributed by atoms with E-state index in [1.807, 2.05) is 0 Å². The number of β-amino-alcohol motifs (C(OH)–C–C–N with tert-alkyl or cyclic N) is 1. The normalized spacial score (nSPS) is 23.7. The van der Waals surface area contributed by atoms with E-state index in [1.54, 1.807) is 6.07 Å². The molecule has 1 aromatic carbocycles. The minimum absolute atomic E-state index is 0.0275. The van der Waals surface area contributed by atoms with E-state index < -0.39 is 23.3 Å². The number of anilines is 2. The van der Waals surface area contributed by atoms with Gasteiger partial charge in [0.25, 0.3) is 0 Å². The summed E-state index contributed by atoms with van der Waals surface area (Å²) in [6.07, 6.45) is 0.955. The Balaban J connectivity index is 1.46. The molecule has 3 N–H and O–H groups in total. The third kappa shape index (κ3) is 3.92. The van der Waals surface area contributed by atoms with E-state index >= 15 is 0 Å². The number of benzene rings is 1. The number of halogens is 3. The number of fused-ring (bicyclic) bond motifs is 1. The number of nitrogens with zero attached hydrogens (tertiary/aromatic N) is 2. The number of carbonyl (C=O) groups excluding carboxylic acids is 1. The summed E-state index contributed by atoms with van der Waals surface area (Å²) < 4.78 is 34.2. The number of rotatable bonds is 4. The van der Waals surface area contributed by atoms with Crippen LogP contribution in [0.15, 0.2) is 24.4 Å². The van der Waals surface area contributed by atoms with Crippen molar-refractivity contribution in [2.24, 2.45) is 0 Å². The maximum absolute atomic E-state index is 14.2. The van der Waals surface area contributed by atoms with E-state index in [-0.39, 0.29) is 42.7 Å². The van der Waals surface area contributed by atoms with Crippen LogP contribution >= 0.6 is 11.6 Å². The van der Waals surface area contributed by atoms with Gasteiger partial charge in [-0.3, -0.25) is 4.79 Å². The summed E-state index contributed by atoms with van der Waals surface area (Å²) in [5.74, 6) is -0.924. The standard InChI is InChI=1S/C20H20ClF2N3O4/c21-11-7-13(22)18(14(23)8-11)26-6-4-20(29,16(27)9-26)10-30-15-3-5-24-19-12(15)1-2-17(28)25-19/h3,5,7-8,16,27,29H,1-2,4,6,9-10H2,(H,24,25,28)/t16-,20-/m1/s1. The van der Waals surface area contributed by atoms with Crippen molar-refractivity contribution in [1.29, 1.82) is 0 Å². The number of hydrogen-bond acceptors (Lipinski definition) is 6. The number of pyridine rings is 1. The molecule has 1 aromatic heterocycles. The molecule has 0 saturated carbocycles. The van der Waals surface area contributed by atoms with Gasteiger partial charge in [-0.05, 0) is 31.0 Å². The topological polar surface area (TPSA) is 94.9 Å². The van der Waals surface area contributed by atoms with Crippen molar-refractivity contribution in [1.82, 2.24) is 4.98 Å². The van der Waals surface area contributed by atoms with Crippen molar-refractivity contribution in [2.75, 3.05) is 29.9 Å². The first kappa shape index (κ1) is 20.8. The minimum atomic E-state index is -1.61. The number of ether oxygens (including phenoxy) is 1. The van der Waals surface area contributed by atoms with E-state index in [9.17, 15) is 23.8 Å². The van der Waals surface area contributed by atoms with Gasteiger partial charge in [0.1, 0.15) is 35.6 Å². The molecule has 2 aliphatic heterocycles. The Kier molecular flexibility index (Phi) is 5.52. The first-order valence-corrected chi connectivity index (χ1v) is 9.85. The lowest BCUT2D eigenvalue weighted by atomic mass is 9.89. The van der Waals surface area contributed by atoms with Crippen LogP contribution in [-0.2, 0) is 11.2 Å². The van der Waals surface area contributed by atoms with Crippen LogP contribution in [-0.4, -0.2) is 52.5 Å². The van der Waals surface area contributed by atoms with Crippen LogP contribution in [0.3, 0.4) is 0 Å². The molecule has 4 rings (SSSR count). The van der Waals surface area contributed by atoms with Crippen molar-refractivity contribution < 1.29 is 28.5 Å². The summed E-state index contributed by atoms with van der Waals surface area (Å²) in [5, 5.41) is 24.0. The van der Waals surface area contributed by atoms with E-state index in [0.717, 1.165) is 17.7 Å². The lowest BCUT2D eigenvalue weighted by molar-refractivity contribution is -0.116. The monoisotopic (exact) mass is 439 g/mol. The Morgan fingerprint density at radius 1 is 1.33 bits per heavy atom. The van der Waals surface area contributed by atoms with Crippen molar-refractivity contribution in [3.63, 3.8) is 0 Å². The number of aromatic nitrogens is 1. The maximum atomic E-state index is 14.2. The van der Waals surface area contributed by atoms with Gasteiger partial charge in [0.05, 0.1) is 0 Å². The predicted molar refractivity (Wildman–Crippen MR) is 106 cm³/mol. The Hall–Kier alpha value is -2.49. The molecule has 160 valence electrons. The van der Waals surface area contributed by atoms with Gasteiger partial charge in [0, 0.05) is 36.3 Å². The third-order valence-electron chi connectivity index (χ3n) is 5.48. The Labute approximate surface area is 176 Å². The van der Waals surface area contributed by atoms with Crippen LogP contribution in [0.5, 0.6) is 5.75 Å². The van der Waals surface area contributed by atoms with E-state index in [0.29, 0.717) is 24.4 Å². The highest BCUT2D eigenvalue weighted by Crippen LogP contribution is 2.34. The van der Waals surface area contributed by atoms with Crippen LogP contribution in [0.1, 0.15) is 18.4 Å². The second-order valence-electron chi connectivity index (χ2n) is 7.51. The van der Waals surface area contributed by atoms with Gasteiger partial charge in [-0.15, -0.1) is 0 Å². The molecule has 0 unspecified atom stereocenters. The van der Waals surface area contributed by atoms with E-state index in [2.05, 4.69) is 10.3 Å². The fourth-order valence-electron chi connectivity index (χ4n) is 3.77. The zero-order valence-corrected chi connectivity index (χ0v) is 16.6. The number of nitrogens with one attached hydrogen (secondary N) is 1. The predicted octanol–water partition coefficient (Wildman–Crippen LogP) is 2.28. The SMILES string of the molecule is O=C1CCc2c(OC[C@]3(O)CCN(c4c(F)cc(Cl)cc4F)C[C@H]3O)ccnc2N1. The number of aliphatic hydroxyl groups is 2. The fourth-order valence-corrected chi connectivity index (χ4v) is 3.96. The van der Waals surface area contributed by atoms with Crippen LogP contribution in [0, 0.1) is 11.6 Å². The Morgan fingerprint density at radius 2 is 2.07 bits per heavy atom. The zero-order valence-electron chi connectivity index (χ0n) is 15.9. The average Bonchev–Trinajstić information content (AvgIpc) is 2.68. The highest BCUT2D eigenvalue weighted by molar-refractivity contribution is 6.30. The smallest absolute Gasteiger partial charge is 0.225 e. The molecule has 0 aliphatic carbocycles. The zero-order chi connectivity index (χ0) is 21.5. The van der Waals surface area contributed by atoms with Crippen molar-refractivity contribution in [3.05, 3.63) is 46.6 Å².